The summed E-state index contributed by atoms with van der Waals surface area (Å²) in [5.41, 5.74) is 5.47. The van der Waals surface area contributed by atoms with Crippen molar-refractivity contribution in [1.29, 1.82) is 0 Å². The number of allylic oxidation sites excluding steroid dienone is 7. The van der Waals surface area contributed by atoms with E-state index in [1.54, 1.807) is 6.08 Å². The monoisotopic (exact) mass is 438 g/mol. The number of likely N-dealkylation sites (N-methyl/N-ethyl adjacent to an activating group) is 1. The molecule has 3 nitrogen and oxygen atoms in total. The quantitative estimate of drug-likeness (QED) is 0.220. The smallest absolute Gasteiger partial charge is 0.243 e. The zero-order valence-corrected chi connectivity index (χ0v) is 21.5. The predicted molar refractivity (Wildman–Crippen MR) is 136 cm³/mol. The summed E-state index contributed by atoms with van der Waals surface area (Å²) in [6.07, 6.45) is 15.3. The Labute approximate surface area is 193 Å². The molecule has 0 saturated heterocycles. The van der Waals surface area contributed by atoms with Crippen LogP contribution in [0.4, 0.5) is 0 Å². The van der Waals surface area contributed by atoms with Gasteiger partial charge in [-0.05, 0) is 86.2 Å². The zero-order chi connectivity index (χ0) is 22.1. The number of hydrogen-bond donors (Lipinski definition) is 1. The first-order valence-corrected chi connectivity index (χ1v) is 11.4. The van der Waals surface area contributed by atoms with E-state index in [1.165, 1.54) is 16.7 Å². The van der Waals surface area contributed by atoms with Crippen LogP contribution in [0.1, 0.15) is 87.0 Å². The first-order chi connectivity index (χ1) is 13.8. The fraction of sp³-hybridized carbons (Fsp3) is 0.654. The van der Waals surface area contributed by atoms with Crippen molar-refractivity contribution < 1.29 is 4.79 Å². The Morgan fingerprint density at radius 3 is 1.70 bits per heavy atom. The second-order valence-corrected chi connectivity index (χ2v) is 8.31. The molecule has 0 aromatic rings. The van der Waals surface area contributed by atoms with Gasteiger partial charge in [-0.25, -0.2) is 0 Å². The fourth-order valence-electron chi connectivity index (χ4n) is 3.11. The van der Waals surface area contributed by atoms with Gasteiger partial charge in [-0.3, -0.25) is 4.79 Å². The molecule has 0 aliphatic heterocycles. The lowest BCUT2D eigenvalue weighted by atomic mass is 10.0. The van der Waals surface area contributed by atoms with Crippen molar-refractivity contribution in [2.75, 3.05) is 26.2 Å². The molecule has 0 heterocycles. The van der Waals surface area contributed by atoms with Gasteiger partial charge in [0.05, 0.1) is 0 Å². The van der Waals surface area contributed by atoms with Crippen LogP contribution in [-0.4, -0.2) is 37.0 Å². The van der Waals surface area contributed by atoms with Gasteiger partial charge in [-0.2, -0.15) is 0 Å². The summed E-state index contributed by atoms with van der Waals surface area (Å²) in [7, 11) is 0. The standard InChI is InChI=1S/C26H46N2O.ClH/c1-8-28(9-2)20-19-27-26(29)21-25(7)18-12-17-24(6)16-11-15-23(5)14-10-13-22(3)4;/h13,15,17,21H,8-12,14,16,18-20H2,1-7H3,(H,27,29);1H/b23-15+,24-17+,25-21+;. The molecular weight excluding hydrogens is 392 g/mol. The van der Waals surface area contributed by atoms with Gasteiger partial charge in [0.25, 0.3) is 0 Å². The number of nitrogens with one attached hydrogen (secondary N) is 1. The minimum Gasteiger partial charge on any atom is -0.351 e. The van der Waals surface area contributed by atoms with Crippen LogP contribution in [0.3, 0.4) is 0 Å². The second kappa shape index (κ2) is 19.6. The van der Waals surface area contributed by atoms with Crippen LogP contribution < -0.4 is 5.32 Å². The summed E-state index contributed by atoms with van der Waals surface area (Å²) >= 11 is 0. The topological polar surface area (TPSA) is 32.3 Å². The lowest BCUT2D eigenvalue weighted by molar-refractivity contribution is -0.116. The molecule has 0 atom stereocenters. The second-order valence-electron chi connectivity index (χ2n) is 8.31. The van der Waals surface area contributed by atoms with Gasteiger partial charge in [-0.1, -0.05) is 54.4 Å². The van der Waals surface area contributed by atoms with Crippen molar-refractivity contribution in [3.8, 4) is 0 Å². The number of hydrogen-bond acceptors (Lipinski definition) is 2. The zero-order valence-electron chi connectivity index (χ0n) is 20.6. The van der Waals surface area contributed by atoms with E-state index in [9.17, 15) is 4.79 Å². The molecule has 30 heavy (non-hydrogen) atoms. The SMILES string of the molecule is CCN(CC)CCNC(=O)/C=C(\C)CC/C=C(\C)CC/C=C(\C)CCC=C(C)C.Cl. The van der Waals surface area contributed by atoms with Gasteiger partial charge >= 0.3 is 0 Å². The summed E-state index contributed by atoms with van der Waals surface area (Å²) in [4.78, 5) is 14.3. The molecule has 0 bridgehead atoms. The minimum absolute atomic E-state index is 0. The lowest BCUT2D eigenvalue weighted by Gasteiger charge is -2.17. The van der Waals surface area contributed by atoms with E-state index in [1.807, 2.05) is 6.92 Å². The Bertz CT molecular complexity index is 580. The van der Waals surface area contributed by atoms with Crippen LogP contribution in [-0.2, 0) is 4.79 Å². The molecule has 0 unspecified atom stereocenters. The van der Waals surface area contributed by atoms with E-state index >= 15 is 0 Å². The van der Waals surface area contributed by atoms with Gasteiger partial charge in [0.2, 0.25) is 5.91 Å². The molecule has 0 rings (SSSR count). The van der Waals surface area contributed by atoms with Crippen molar-refractivity contribution in [1.82, 2.24) is 10.2 Å². The van der Waals surface area contributed by atoms with E-state index < -0.39 is 0 Å². The van der Waals surface area contributed by atoms with Crippen LogP contribution in [0.15, 0.2) is 46.6 Å². The average molecular weight is 439 g/mol. The van der Waals surface area contributed by atoms with Crippen molar-refractivity contribution in [2.45, 2.75) is 87.0 Å². The van der Waals surface area contributed by atoms with Gasteiger partial charge < -0.3 is 10.2 Å². The largest absolute Gasteiger partial charge is 0.351 e. The maximum Gasteiger partial charge on any atom is 0.243 e. The van der Waals surface area contributed by atoms with Gasteiger partial charge in [0.1, 0.15) is 0 Å². The molecule has 0 aliphatic rings. The van der Waals surface area contributed by atoms with E-state index in [0.717, 1.165) is 63.7 Å². The third-order valence-corrected chi connectivity index (χ3v) is 5.15. The molecule has 1 N–H and O–H groups in total. The number of rotatable bonds is 15. The summed E-state index contributed by atoms with van der Waals surface area (Å²) in [6.45, 7) is 18.8. The molecule has 1 amide bonds. The fourth-order valence-corrected chi connectivity index (χ4v) is 3.11. The van der Waals surface area contributed by atoms with Gasteiger partial charge in [0, 0.05) is 19.2 Å². The molecule has 0 spiro atoms. The molecule has 174 valence electrons. The molecule has 0 saturated carbocycles. The predicted octanol–water partition coefficient (Wildman–Crippen LogP) is 7.01. The first kappa shape index (κ1) is 30.9. The summed E-state index contributed by atoms with van der Waals surface area (Å²) < 4.78 is 0. The highest BCUT2D eigenvalue weighted by molar-refractivity contribution is 5.88. The van der Waals surface area contributed by atoms with E-state index in [0.29, 0.717) is 6.54 Å². The summed E-state index contributed by atoms with van der Waals surface area (Å²) in [5, 5.41) is 2.99. The Morgan fingerprint density at radius 1 is 0.767 bits per heavy atom. The van der Waals surface area contributed by atoms with Crippen LogP contribution in [0.5, 0.6) is 0 Å². The van der Waals surface area contributed by atoms with E-state index in [4.69, 9.17) is 0 Å². The van der Waals surface area contributed by atoms with Crippen LogP contribution in [0.25, 0.3) is 0 Å². The van der Waals surface area contributed by atoms with Crippen molar-refractivity contribution in [3.63, 3.8) is 0 Å². The number of halogens is 1. The van der Waals surface area contributed by atoms with Gasteiger partial charge in [-0.15, -0.1) is 12.4 Å². The molecular formula is C26H47ClN2O. The van der Waals surface area contributed by atoms with Crippen LogP contribution in [0, 0.1) is 0 Å². The highest BCUT2D eigenvalue weighted by Gasteiger charge is 2.01. The Morgan fingerprint density at radius 2 is 1.23 bits per heavy atom. The van der Waals surface area contributed by atoms with Gasteiger partial charge in [0.15, 0.2) is 0 Å². The Balaban J connectivity index is 0. The van der Waals surface area contributed by atoms with Crippen LogP contribution >= 0.6 is 12.4 Å². The number of carbonyl (C=O) groups is 1. The number of amides is 1. The molecule has 0 radical (unpaired) electrons. The average Bonchev–Trinajstić information content (AvgIpc) is 2.65. The summed E-state index contributed by atoms with van der Waals surface area (Å²) in [6, 6.07) is 0. The molecule has 0 aliphatic carbocycles. The third kappa shape index (κ3) is 18.7. The minimum atomic E-state index is 0. The van der Waals surface area contributed by atoms with Crippen molar-refractivity contribution >= 4 is 18.3 Å². The Hall–Kier alpha value is -1.32. The molecule has 0 aromatic carbocycles. The normalized spacial score (nSPS) is 12.6. The molecule has 0 fully saturated rings. The molecule has 0 aromatic heterocycles. The first-order valence-electron chi connectivity index (χ1n) is 11.4. The maximum absolute atomic E-state index is 12.0. The number of nitrogens with zero attached hydrogens (tertiary/aromatic N) is 1. The van der Waals surface area contributed by atoms with Crippen molar-refractivity contribution in [2.24, 2.45) is 0 Å². The third-order valence-electron chi connectivity index (χ3n) is 5.15. The maximum atomic E-state index is 12.0. The van der Waals surface area contributed by atoms with E-state index in [-0.39, 0.29) is 18.3 Å². The van der Waals surface area contributed by atoms with Crippen molar-refractivity contribution in [3.05, 3.63) is 46.6 Å². The van der Waals surface area contributed by atoms with Crippen LogP contribution in [0.2, 0.25) is 0 Å². The highest BCUT2D eigenvalue weighted by Crippen LogP contribution is 2.13. The van der Waals surface area contributed by atoms with E-state index in [2.05, 4.69) is 70.0 Å². The highest BCUT2D eigenvalue weighted by atomic mass is 35.5. The lowest BCUT2D eigenvalue weighted by Crippen LogP contribution is -2.34. The Kier molecular flexibility index (Phi) is 20.2. The molecule has 4 heteroatoms. The summed E-state index contributed by atoms with van der Waals surface area (Å²) in [5.74, 6) is 0.0316. The number of carbonyl (C=O) groups excluding carboxylic acids is 1.